The number of hydrogen-bond acceptors (Lipinski definition) is 3. The average molecular weight is 413 g/mol. The Labute approximate surface area is 173 Å². The van der Waals surface area contributed by atoms with Gasteiger partial charge in [0.2, 0.25) is 0 Å². The van der Waals surface area contributed by atoms with Crippen LogP contribution in [0.4, 0.5) is 0 Å². The Morgan fingerprint density at radius 3 is 1.93 bits per heavy atom. The van der Waals surface area contributed by atoms with Gasteiger partial charge in [0, 0.05) is 0 Å². The molecule has 0 aliphatic rings. The lowest BCUT2D eigenvalue weighted by Gasteiger charge is -2.27. The Kier molecular flexibility index (Phi) is 6.15. The Hall–Kier alpha value is -2.66. The van der Waals surface area contributed by atoms with Crippen molar-refractivity contribution in [2.24, 2.45) is 5.10 Å². The highest BCUT2D eigenvalue weighted by Crippen LogP contribution is 2.30. The summed E-state index contributed by atoms with van der Waals surface area (Å²) >= 11 is 12.0. The summed E-state index contributed by atoms with van der Waals surface area (Å²) in [7, 11) is 0. The van der Waals surface area contributed by atoms with Gasteiger partial charge in [0.25, 0.3) is 5.91 Å². The second-order valence-corrected chi connectivity index (χ2v) is 7.02. The van der Waals surface area contributed by atoms with Crippen molar-refractivity contribution in [3.05, 3.63) is 106 Å². The monoisotopic (exact) mass is 412 g/mol. The zero-order valence-corrected chi connectivity index (χ0v) is 16.6. The summed E-state index contributed by atoms with van der Waals surface area (Å²) in [6, 6.07) is 22.6. The van der Waals surface area contributed by atoms with E-state index in [2.05, 4.69) is 10.5 Å². The van der Waals surface area contributed by atoms with E-state index in [4.69, 9.17) is 23.2 Å². The molecule has 3 rings (SSSR count). The number of carbonyl (C=O) groups excluding carboxylic acids is 1. The number of amides is 1. The van der Waals surface area contributed by atoms with Crippen LogP contribution in [0.1, 0.15) is 23.6 Å². The highest BCUT2D eigenvalue weighted by molar-refractivity contribution is 6.42. The maximum Gasteiger partial charge on any atom is 0.281 e. The second kappa shape index (κ2) is 8.57. The van der Waals surface area contributed by atoms with E-state index in [-0.39, 0.29) is 0 Å². The van der Waals surface area contributed by atoms with Gasteiger partial charge in [-0.1, -0.05) is 89.9 Å². The molecule has 0 fully saturated rings. The van der Waals surface area contributed by atoms with Crippen molar-refractivity contribution in [2.45, 2.75) is 12.5 Å². The Balaban J connectivity index is 1.93. The predicted octanol–water partition coefficient (Wildman–Crippen LogP) is 4.77. The van der Waals surface area contributed by atoms with Gasteiger partial charge in [0.1, 0.15) is 0 Å². The molecule has 3 aromatic carbocycles. The normalized spacial score (nSPS) is 11.9. The Morgan fingerprint density at radius 2 is 1.43 bits per heavy atom. The van der Waals surface area contributed by atoms with Crippen molar-refractivity contribution >= 4 is 34.8 Å². The second-order valence-electron chi connectivity index (χ2n) is 6.21. The predicted molar refractivity (Wildman–Crippen MR) is 113 cm³/mol. The standard InChI is InChI=1S/C22H18Cl2N2O2/c1-15(16-12-13-19(23)20(24)14-16)25-26-21(27)22(28,17-8-4-2-5-9-17)18-10-6-3-7-11-18/h2-14,28H,1H3,(H,26,27). The molecule has 2 N–H and O–H groups in total. The number of nitrogens with one attached hydrogen (secondary N) is 1. The lowest BCUT2D eigenvalue weighted by Crippen LogP contribution is -2.43. The highest BCUT2D eigenvalue weighted by Gasteiger charge is 2.39. The SMILES string of the molecule is CC(=NNC(=O)C(O)(c1ccccc1)c1ccccc1)c1ccc(Cl)c(Cl)c1. The lowest BCUT2D eigenvalue weighted by atomic mass is 9.85. The minimum Gasteiger partial charge on any atom is -0.372 e. The van der Waals surface area contributed by atoms with E-state index in [1.165, 1.54) is 0 Å². The number of rotatable bonds is 5. The summed E-state index contributed by atoms with van der Waals surface area (Å²) in [5.41, 5.74) is 2.71. The maximum atomic E-state index is 13.0. The molecule has 0 aliphatic heterocycles. The summed E-state index contributed by atoms with van der Waals surface area (Å²) in [5, 5.41) is 16.3. The third-order valence-electron chi connectivity index (χ3n) is 4.37. The van der Waals surface area contributed by atoms with Gasteiger partial charge >= 0.3 is 0 Å². The van der Waals surface area contributed by atoms with Gasteiger partial charge in [-0.3, -0.25) is 4.79 Å². The molecule has 4 nitrogen and oxygen atoms in total. The van der Waals surface area contributed by atoms with Crippen LogP contribution >= 0.6 is 23.2 Å². The van der Waals surface area contributed by atoms with Crippen molar-refractivity contribution in [3.8, 4) is 0 Å². The summed E-state index contributed by atoms with van der Waals surface area (Å²) in [6.45, 7) is 1.73. The van der Waals surface area contributed by atoms with Crippen molar-refractivity contribution < 1.29 is 9.90 Å². The first kappa shape index (κ1) is 20.1. The number of benzene rings is 3. The third kappa shape index (κ3) is 4.09. The molecule has 0 bridgehead atoms. The molecular formula is C22H18Cl2N2O2. The van der Waals surface area contributed by atoms with E-state index >= 15 is 0 Å². The Bertz CT molecular complexity index is 966. The largest absolute Gasteiger partial charge is 0.372 e. The molecule has 0 spiro atoms. The maximum absolute atomic E-state index is 13.0. The van der Waals surface area contributed by atoms with E-state index in [0.717, 1.165) is 0 Å². The smallest absolute Gasteiger partial charge is 0.281 e. The molecule has 1 amide bonds. The van der Waals surface area contributed by atoms with Crippen molar-refractivity contribution in [3.63, 3.8) is 0 Å². The number of nitrogens with zero attached hydrogens (tertiary/aromatic N) is 1. The van der Waals surface area contributed by atoms with Gasteiger partial charge in [0.15, 0.2) is 5.60 Å². The number of hydrogen-bond donors (Lipinski definition) is 2. The fourth-order valence-electron chi connectivity index (χ4n) is 2.79. The third-order valence-corrected chi connectivity index (χ3v) is 5.11. The van der Waals surface area contributed by atoms with Crippen LogP contribution in [-0.4, -0.2) is 16.7 Å². The van der Waals surface area contributed by atoms with Crippen LogP contribution in [0.5, 0.6) is 0 Å². The first-order valence-electron chi connectivity index (χ1n) is 8.56. The van der Waals surface area contributed by atoms with Crippen LogP contribution in [0.3, 0.4) is 0 Å². The minimum atomic E-state index is -1.88. The zero-order chi connectivity index (χ0) is 20.1. The first-order valence-corrected chi connectivity index (χ1v) is 9.32. The topological polar surface area (TPSA) is 61.7 Å². The van der Waals surface area contributed by atoms with Gasteiger partial charge in [-0.15, -0.1) is 0 Å². The van der Waals surface area contributed by atoms with Crippen molar-refractivity contribution in [2.75, 3.05) is 0 Å². The van der Waals surface area contributed by atoms with Crippen LogP contribution in [0, 0.1) is 0 Å². The molecule has 0 radical (unpaired) electrons. The molecule has 28 heavy (non-hydrogen) atoms. The van der Waals surface area contributed by atoms with Crippen LogP contribution in [0.15, 0.2) is 84.0 Å². The molecular weight excluding hydrogens is 395 g/mol. The molecule has 0 aromatic heterocycles. The van der Waals surface area contributed by atoms with E-state index in [1.807, 2.05) is 12.1 Å². The minimum absolute atomic E-state index is 0.394. The van der Waals surface area contributed by atoms with Crippen LogP contribution in [-0.2, 0) is 10.4 Å². The average Bonchev–Trinajstić information content (AvgIpc) is 2.74. The van der Waals surface area contributed by atoms with Gasteiger partial charge in [0.05, 0.1) is 15.8 Å². The molecule has 0 unspecified atom stereocenters. The molecule has 0 saturated heterocycles. The quantitative estimate of drug-likeness (QED) is 0.468. The van der Waals surface area contributed by atoms with E-state index < -0.39 is 11.5 Å². The first-order chi connectivity index (χ1) is 13.4. The molecule has 0 saturated carbocycles. The molecule has 0 aliphatic carbocycles. The molecule has 0 heterocycles. The van der Waals surface area contributed by atoms with Crippen LogP contribution in [0.25, 0.3) is 0 Å². The molecule has 6 heteroatoms. The molecule has 3 aromatic rings. The lowest BCUT2D eigenvalue weighted by molar-refractivity contribution is -0.136. The van der Waals surface area contributed by atoms with E-state index in [1.54, 1.807) is 73.7 Å². The highest BCUT2D eigenvalue weighted by atomic mass is 35.5. The fourth-order valence-corrected chi connectivity index (χ4v) is 3.09. The van der Waals surface area contributed by atoms with Gasteiger partial charge in [-0.2, -0.15) is 5.10 Å². The Morgan fingerprint density at radius 1 is 0.893 bits per heavy atom. The zero-order valence-electron chi connectivity index (χ0n) is 15.1. The van der Waals surface area contributed by atoms with Gasteiger partial charge < -0.3 is 5.11 Å². The number of aliphatic hydroxyl groups is 1. The van der Waals surface area contributed by atoms with Crippen molar-refractivity contribution in [1.82, 2.24) is 5.43 Å². The summed E-state index contributed by atoms with van der Waals surface area (Å²) < 4.78 is 0. The van der Waals surface area contributed by atoms with Crippen LogP contribution < -0.4 is 5.43 Å². The molecule has 142 valence electrons. The fraction of sp³-hybridized carbons (Fsp3) is 0.0909. The van der Waals surface area contributed by atoms with E-state index in [9.17, 15) is 9.90 Å². The van der Waals surface area contributed by atoms with E-state index in [0.29, 0.717) is 32.4 Å². The summed E-state index contributed by atoms with van der Waals surface area (Å²) in [6.07, 6.45) is 0. The number of hydrazone groups is 1. The van der Waals surface area contributed by atoms with Gasteiger partial charge in [-0.25, -0.2) is 5.43 Å². The summed E-state index contributed by atoms with van der Waals surface area (Å²) in [5.74, 6) is -0.663. The molecule has 0 atom stereocenters. The summed E-state index contributed by atoms with van der Waals surface area (Å²) in [4.78, 5) is 13.0. The number of carbonyl (C=O) groups is 1. The van der Waals surface area contributed by atoms with Gasteiger partial charge in [-0.05, 0) is 35.7 Å². The van der Waals surface area contributed by atoms with Crippen molar-refractivity contribution in [1.29, 1.82) is 0 Å². The van der Waals surface area contributed by atoms with Crippen LogP contribution in [0.2, 0.25) is 10.0 Å². The number of halogens is 2.